The number of rotatable bonds is 4. The van der Waals surface area contributed by atoms with Gasteiger partial charge in [-0.3, -0.25) is 0 Å². The Kier molecular flexibility index (Phi) is 4.64. The molecule has 3 aromatic rings. The van der Waals surface area contributed by atoms with E-state index in [4.69, 9.17) is 4.74 Å². The van der Waals surface area contributed by atoms with Crippen molar-refractivity contribution in [2.24, 2.45) is 0 Å². The maximum atomic E-state index is 5.75. The van der Waals surface area contributed by atoms with Crippen molar-refractivity contribution in [1.82, 2.24) is 0 Å². The van der Waals surface area contributed by atoms with Crippen LogP contribution in [0.1, 0.15) is 37.8 Å². The number of benzene rings is 3. The highest BCUT2D eigenvalue weighted by Crippen LogP contribution is 2.45. The monoisotopic (exact) mass is 361 g/mol. The zero-order valence-electron chi connectivity index (χ0n) is 15.3. The molecule has 0 fully saturated rings. The predicted octanol–water partition coefficient (Wildman–Crippen LogP) is 6.83. The zero-order valence-corrected chi connectivity index (χ0v) is 16.1. The summed E-state index contributed by atoms with van der Waals surface area (Å²) >= 11 is 1.83. The number of ether oxygens (including phenoxy) is 1. The second kappa shape index (κ2) is 7.08. The lowest BCUT2D eigenvalue weighted by Gasteiger charge is -2.23. The van der Waals surface area contributed by atoms with Gasteiger partial charge in [0.25, 0.3) is 0 Å². The van der Waals surface area contributed by atoms with Crippen LogP contribution < -0.4 is 10.1 Å². The second-order valence-corrected chi connectivity index (χ2v) is 8.02. The second-order valence-electron chi connectivity index (χ2n) is 6.94. The third kappa shape index (κ3) is 3.45. The van der Waals surface area contributed by atoms with Crippen LogP contribution in [0, 0.1) is 0 Å². The van der Waals surface area contributed by atoms with Crippen LogP contribution in [-0.2, 0) is 0 Å². The lowest BCUT2D eigenvalue weighted by atomic mass is 9.93. The topological polar surface area (TPSA) is 21.3 Å². The molecule has 3 aromatic carbocycles. The van der Waals surface area contributed by atoms with E-state index in [0.29, 0.717) is 5.92 Å². The average molecular weight is 362 g/mol. The first-order chi connectivity index (χ1) is 12.6. The molecule has 0 aliphatic carbocycles. The van der Waals surface area contributed by atoms with Gasteiger partial charge in [-0.15, -0.1) is 0 Å². The van der Waals surface area contributed by atoms with Gasteiger partial charge in [0, 0.05) is 15.7 Å². The van der Waals surface area contributed by atoms with Gasteiger partial charge in [-0.05, 0) is 61.4 Å². The van der Waals surface area contributed by atoms with E-state index >= 15 is 0 Å². The summed E-state index contributed by atoms with van der Waals surface area (Å²) in [5.74, 6) is 1.26. The lowest BCUT2D eigenvalue weighted by Crippen LogP contribution is -2.05. The van der Waals surface area contributed by atoms with E-state index in [1.165, 1.54) is 32.3 Å². The van der Waals surface area contributed by atoms with Crippen LogP contribution in [0.5, 0.6) is 5.75 Å². The molecule has 1 N–H and O–H groups in total. The minimum Gasteiger partial charge on any atom is -0.491 e. The maximum Gasteiger partial charge on any atom is 0.119 e. The molecule has 0 radical (unpaired) electrons. The van der Waals surface area contributed by atoms with Crippen LogP contribution in [-0.4, -0.2) is 6.10 Å². The molecule has 1 atom stereocenters. The molecule has 2 nitrogen and oxygen atoms in total. The van der Waals surface area contributed by atoms with Gasteiger partial charge in [0.05, 0.1) is 17.5 Å². The summed E-state index contributed by atoms with van der Waals surface area (Å²) in [6, 6.07) is 23.7. The molecule has 0 aromatic heterocycles. The Balaban J connectivity index is 1.57. The first-order valence-corrected chi connectivity index (χ1v) is 9.86. The van der Waals surface area contributed by atoms with Gasteiger partial charge in [-0.25, -0.2) is 0 Å². The molecule has 1 unspecified atom stereocenters. The van der Waals surface area contributed by atoms with E-state index in [2.05, 4.69) is 79.0 Å². The molecule has 132 valence electrons. The third-order valence-corrected chi connectivity index (χ3v) is 5.78. The molecular weight excluding hydrogens is 338 g/mol. The van der Waals surface area contributed by atoms with E-state index in [9.17, 15) is 0 Å². The summed E-state index contributed by atoms with van der Waals surface area (Å²) in [7, 11) is 0. The number of para-hydroxylation sites is 1. The average Bonchev–Trinajstić information content (AvgIpc) is 2.65. The molecule has 0 saturated heterocycles. The van der Waals surface area contributed by atoms with E-state index in [1.54, 1.807) is 0 Å². The van der Waals surface area contributed by atoms with Gasteiger partial charge in [0.15, 0.2) is 0 Å². The van der Waals surface area contributed by atoms with Crippen molar-refractivity contribution >= 4 is 23.1 Å². The van der Waals surface area contributed by atoms with Crippen molar-refractivity contribution in [2.75, 3.05) is 5.32 Å². The Morgan fingerprint density at radius 1 is 0.769 bits per heavy atom. The molecule has 1 aliphatic rings. The Morgan fingerprint density at radius 3 is 2.23 bits per heavy atom. The summed E-state index contributed by atoms with van der Waals surface area (Å²) in [6.07, 6.45) is 0.199. The summed E-state index contributed by atoms with van der Waals surface area (Å²) in [4.78, 5) is 2.56. The van der Waals surface area contributed by atoms with Gasteiger partial charge in [-0.2, -0.15) is 0 Å². The van der Waals surface area contributed by atoms with Gasteiger partial charge < -0.3 is 10.1 Å². The highest BCUT2D eigenvalue weighted by atomic mass is 32.2. The minimum absolute atomic E-state index is 0.199. The Labute approximate surface area is 159 Å². The number of hydrogen-bond donors (Lipinski definition) is 1. The van der Waals surface area contributed by atoms with Crippen LogP contribution >= 0.6 is 11.8 Å². The standard InChI is InChI=1S/C23H23NOS/c1-15(2)25-19-11-8-17(9-12-19)16(3)18-10-13-23-21(14-18)24-20-6-4-5-7-22(20)26-23/h4-16,24H,1-3H3. The Hall–Kier alpha value is -2.39. The van der Waals surface area contributed by atoms with Crippen LogP contribution in [0.4, 0.5) is 11.4 Å². The quantitative estimate of drug-likeness (QED) is 0.430. The zero-order chi connectivity index (χ0) is 18.1. The lowest BCUT2D eigenvalue weighted by molar-refractivity contribution is 0.242. The fourth-order valence-electron chi connectivity index (χ4n) is 3.23. The molecule has 3 heteroatoms. The van der Waals surface area contributed by atoms with Gasteiger partial charge in [0.1, 0.15) is 5.75 Å². The molecule has 0 spiro atoms. The predicted molar refractivity (Wildman–Crippen MR) is 110 cm³/mol. The first-order valence-electron chi connectivity index (χ1n) is 9.04. The van der Waals surface area contributed by atoms with Crippen LogP contribution in [0.25, 0.3) is 0 Å². The van der Waals surface area contributed by atoms with Crippen LogP contribution in [0.3, 0.4) is 0 Å². The SMILES string of the molecule is CC(C)Oc1ccc(C(C)c2ccc3c(c2)Nc2ccccc2S3)cc1. The fraction of sp³-hybridized carbons (Fsp3) is 0.217. The normalized spacial score (nSPS) is 13.5. The fourth-order valence-corrected chi connectivity index (χ4v) is 4.19. The highest BCUT2D eigenvalue weighted by molar-refractivity contribution is 7.99. The van der Waals surface area contributed by atoms with Crippen molar-refractivity contribution in [3.05, 3.63) is 77.9 Å². The molecular formula is C23H23NOS. The van der Waals surface area contributed by atoms with Gasteiger partial charge >= 0.3 is 0 Å². The number of nitrogens with one attached hydrogen (secondary N) is 1. The molecule has 0 bridgehead atoms. The molecule has 26 heavy (non-hydrogen) atoms. The maximum absolute atomic E-state index is 5.75. The van der Waals surface area contributed by atoms with Crippen molar-refractivity contribution in [1.29, 1.82) is 0 Å². The summed E-state index contributed by atoms with van der Waals surface area (Å²) in [6.45, 7) is 6.35. The first kappa shape index (κ1) is 17.0. The van der Waals surface area contributed by atoms with E-state index in [0.717, 1.165) is 5.75 Å². The molecule has 1 aliphatic heterocycles. The number of anilines is 2. The summed E-state index contributed by atoms with van der Waals surface area (Å²) in [5.41, 5.74) is 4.99. The highest BCUT2D eigenvalue weighted by Gasteiger charge is 2.17. The van der Waals surface area contributed by atoms with E-state index in [1.807, 2.05) is 25.6 Å². The molecule has 0 saturated carbocycles. The molecule has 4 rings (SSSR count). The van der Waals surface area contributed by atoms with Crippen molar-refractivity contribution in [3.8, 4) is 5.75 Å². The summed E-state index contributed by atoms with van der Waals surface area (Å²) < 4.78 is 5.75. The molecule has 0 amide bonds. The van der Waals surface area contributed by atoms with Crippen molar-refractivity contribution in [3.63, 3.8) is 0 Å². The van der Waals surface area contributed by atoms with Gasteiger partial charge in [-0.1, -0.05) is 49.0 Å². The summed E-state index contributed by atoms with van der Waals surface area (Å²) in [5, 5.41) is 3.58. The van der Waals surface area contributed by atoms with E-state index < -0.39 is 0 Å². The van der Waals surface area contributed by atoms with Crippen LogP contribution in [0.15, 0.2) is 76.5 Å². The number of fused-ring (bicyclic) bond motifs is 2. The number of hydrogen-bond acceptors (Lipinski definition) is 3. The van der Waals surface area contributed by atoms with Crippen molar-refractivity contribution in [2.45, 2.75) is 42.6 Å². The van der Waals surface area contributed by atoms with Crippen molar-refractivity contribution < 1.29 is 4.74 Å². The van der Waals surface area contributed by atoms with Crippen LogP contribution in [0.2, 0.25) is 0 Å². The van der Waals surface area contributed by atoms with Gasteiger partial charge in [0.2, 0.25) is 0 Å². The van der Waals surface area contributed by atoms with E-state index in [-0.39, 0.29) is 6.10 Å². The Bertz CT molecular complexity index is 918. The smallest absolute Gasteiger partial charge is 0.119 e. The molecule has 1 heterocycles. The Morgan fingerprint density at radius 2 is 1.46 bits per heavy atom. The largest absolute Gasteiger partial charge is 0.491 e. The minimum atomic E-state index is 0.199. The third-order valence-electron chi connectivity index (χ3n) is 4.63.